The standard InChI is InChI=1S/C27H37N3O6S/c1-34-24-12-8-7-11-23(24)28-15-17-29(18-16-28)27(31)20-30(21-9-5-4-6-10-21)37(32,33)22-13-14-25(35-2)26(19-22)36-3/h7-8,11-14,19,21H,4-6,9-10,15-18,20H2,1-3H3. The largest absolute Gasteiger partial charge is 0.495 e. The van der Waals surface area contributed by atoms with Crippen molar-refractivity contribution in [3.05, 3.63) is 42.5 Å². The van der Waals surface area contributed by atoms with Crippen molar-refractivity contribution in [1.29, 1.82) is 0 Å². The maximum atomic E-state index is 13.9. The van der Waals surface area contributed by atoms with Crippen molar-refractivity contribution in [2.75, 3.05) is 59.0 Å². The van der Waals surface area contributed by atoms with Crippen LogP contribution >= 0.6 is 0 Å². The summed E-state index contributed by atoms with van der Waals surface area (Å²) in [6.45, 7) is 2.17. The summed E-state index contributed by atoms with van der Waals surface area (Å²) in [4.78, 5) is 17.5. The van der Waals surface area contributed by atoms with Crippen LogP contribution in [0.4, 0.5) is 5.69 Å². The number of para-hydroxylation sites is 2. The molecule has 1 saturated heterocycles. The molecule has 1 saturated carbocycles. The van der Waals surface area contributed by atoms with Crippen LogP contribution < -0.4 is 19.1 Å². The lowest BCUT2D eigenvalue weighted by Gasteiger charge is -2.38. The van der Waals surface area contributed by atoms with Crippen LogP contribution in [-0.2, 0) is 14.8 Å². The molecule has 37 heavy (non-hydrogen) atoms. The Morgan fingerprint density at radius 2 is 1.51 bits per heavy atom. The van der Waals surface area contributed by atoms with Gasteiger partial charge in [-0.3, -0.25) is 4.79 Å². The van der Waals surface area contributed by atoms with Crippen molar-refractivity contribution < 1.29 is 27.4 Å². The van der Waals surface area contributed by atoms with Crippen LogP contribution in [0.3, 0.4) is 0 Å². The van der Waals surface area contributed by atoms with E-state index >= 15 is 0 Å². The van der Waals surface area contributed by atoms with Crippen molar-refractivity contribution in [1.82, 2.24) is 9.21 Å². The SMILES string of the molecule is COc1ccc(S(=O)(=O)N(CC(=O)N2CCN(c3ccccc3OC)CC2)C2CCCCC2)cc1OC. The molecule has 2 aliphatic rings. The number of ether oxygens (including phenoxy) is 3. The lowest BCUT2D eigenvalue weighted by molar-refractivity contribution is -0.132. The van der Waals surface area contributed by atoms with Crippen LogP contribution in [-0.4, -0.2) is 83.6 Å². The quantitative estimate of drug-likeness (QED) is 0.490. The predicted octanol–water partition coefficient (Wildman–Crippen LogP) is 3.38. The maximum absolute atomic E-state index is 13.9. The summed E-state index contributed by atoms with van der Waals surface area (Å²) in [7, 11) is 0.699. The molecular formula is C27H37N3O6S. The molecule has 1 aliphatic heterocycles. The normalized spacial score (nSPS) is 17.1. The van der Waals surface area contributed by atoms with Gasteiger partial charge in [0.1, 0.15) is 5.75 Å². The van der Waals surface area contributed by atoms with Gasteiger partial charge in [0.2, 0.25) is 15.9 Å². The minimum absolute atomic E-state index is 0.101. The first-order valence-corrected chi connectivity index (χ1v) is 14.2. The second-order valence-corrected chi connectivity index (χ2v) is 11.3. The molecule has 1 amide bonds. The summed E-state index contributed by atoms with van der Waals surface area (Å²) in [5.74, 6) is 1.42. The number of methoxy groups -OCH3 is 3. The minimum Gasteiger partial charge on any atom is -0.495 e. The fourth-order valence-electron chi connectivity index (χ4n) is 5.21. The summed E-state index contributed by atoms with van der Waals surface area (Å²) >= 11 is 0. The van der Waals surface area contributed by atoms with Gasteiger partial charge in [-0.2, -0.15) is 4.31 Å². The van der Waals surface area contributed by atoms with E-state index in [-0.39, 0.29) is 23.4 Å². The van der Waals surface area contributed by atoms with Gasteiger partial charge in [-0.1, -0.05) is 31.4 Å². The fourth-order valence-corrected chi connectivity index (χ4v) is 6.86. The average molecular weight is 532 g/mol. The minimum atomic E-state index is -3.93. The molecule has 0 radical (unpaired) electrons. The predicted molar refractivity (Wildman–Crippen MR) is 142 cm³/mol. The summed E-state index contributed by atoms with van der Waals surface area (Å²) in [6, 6.07) is 12.2. The van der Waals surface area contributed by atoms with E-state index in [1.54, 1.807) is 18.1 Å². The van der Waals surface area contributed by atoms with Crippen LogP contribution in [0.5, 0.6) is 17.2 Å². The zero-order valence-corrected chi connectivity index (χ0v) is 22.7. The molecule has 2 aromatic rings. The van der Waals surface area contributed by atoms with E-state index in [1.165, 1.54) is 30.7 Å². The van der Waals surface area contributed by atoms with E-state index in [4.69, 9.17) is 14.2 Å². The van der Waals surface area contributed by atoms with Gasteiger partial charge in [0, 0.05) is 38.3 Å². The molecule has 2 fully saturated rings. The molecule has 0 bridgehead atoms. The average Bonchev–Trinajstić information content (AvgIpc) is 2.95. The number of amides is 1. The molecule has 1 aliphatic carbocycles. The van der Waals surface area contributed by atoms with Crippen LogP contribution in [0.15, 0.2) is 47.4 Å². The summed E-state index contributed by atoms with van der Waals surface area (Å²) in [5, 5.41) is 0. The van der Waals surface area contributed by atoms with Crippen molar-refractivity contribution in [3.8, 4) is 17.2 Å². The van der Waals surface area contributed by atoms with E-state index in [9.17, 15) is 13.2 Å². The molecule has 1 heterocycles. The summed E-state index contributed by atoms with van der Waals surface area (Å²) in [6.07, 6.45) is 4.49. The third-order valence-electron chi connectivity index (χ3n) is 7.29. The van der Waals surface area contributed by atoms with Crippen molar-refractivity contribution in [2.24, 2.45) is 0 Å². The van der Waals surface area contributed by atoms with Gasteiger partial charge >= 0.3 is 0 Å². The molecule has 0 aromatic heterocycles. The Kier molecular flexibility index (Phi) is 8.81. The summed E-state index contributed by atoms with van der Waals surface area (Å²) in [5.41, 5.74) is 0.997. The second-order valence-electron chi connectivity index (χ2n) is 9.40. The van der Waals surface area contributed by atoms with E-state index in [2.05, 4.69) is 4.90 Å². The molecule has 202 valence electrons. The van der Waals surface area contributed by atoms with Crippen molar-refractivity contribution >= 4 is 21.6 Å². The zero-order chi connectivity index (χ0) is 26.4. The highest BCUT2D eigenvalue weighted by Crippen LogP contribution is 2.33. The first-order chi connectivity index (χ1) is 17.9. The molecule has 0 unspecified atom stereocenters. The molecule has 9 nitrogen and oxygen atoms in total. The zero-order valence-electron chi connectivity index (χ0n) is 21.9. The Morgan fingerprint density at radius 3 is 2.16 bits per heavy atom. The van der Waals surface area contributed by atoms with Gasteiger partial charge in [0.05, 0.1) is 38.5 Å². The highest BCUT2D eigenvalue weighted by molar-refractivity contribution is 7.89. The third-order valence-corrected chi connectivity index (χ3v) is 9.19. The Labute approximate surface area is 219 Å². The maximum Gasteiger partial charge on any atom is 0.243 e. The molecule has 4 rings (SSSR count). The van der Waals surface area contributed by atoms with Gasteiger partial charge < -0.3 is 24.0 Å². The van der Waals surface area contributed by atoms with Gasteiger partial charge in [0.15, 0.2) is 11.5 Å². The molecule has 10 heteroatoms. The number of hydrogen-bond acceptors (Lipinski definition) is 7. The third kappa shape index (κ3) is 5.96. The van der Waals surface area contributed by atoms with Crippen LogP contribution in [0.25, 0.3) is 0 Å². The first-order valence-electron chi connectivity index (χ1n) is 12.8. The second kappa shape index (κ2) is 12.0. The molecule has 0 atom stereocenters. The van der Waals surface area contributed by atoms with Crippen molar-refractivity contribution in [2.45, 2.75) is 43.0 Å². The van der Waals surface area contributed by atoms with Crippen LogP contribution in [0.2, 0.25) is 0 Å². The lowest BCUT2D eigenvalue weighted by Crippen LogP contribution is -2.53. The smallest absolute Gasteiger partial charge is 0.243 e. The van der Waals surface area contributed by atoms with E-state index in [0.717, 1.165) is 43.5 Å². The number of carbonyl (C=O) groups is 1. The lowest BCUT2D eigenvalue weighted by atomic mass is 9.95. The van der Waals surface area contributed by atoms with Crippen molar-refractivity contribution in [3.63, 3.8) is 0 Å². The summed E-state index contributed by atoms with van der Waals surface area (Å²) < 4.78 is 45.2. The number of hydrogen-bond donors (Lipinski definition) is 0. The number of piperazine rings is 1. The number of rotatable bonds is 9. The van der Waals surface area contributed by atoms with Gasteiger partial charge in [-0.25, -0.2) is 8.42 Å². The van der Waals surface area contributed by atoms with E-state index in [1.807, 2.05) is 24.3 Å². The number of anilines is 1. The molecule has 0 N–H and O–H groups in total. The molecule has 2 aromatic carbocycles. The van der Waals surface area contributed by atoms with Gasteiger partial charge in [0.25, 0.3) is 0 Å². The van der Waals surface area contributed by atoms with Gasteiger partial charge in [-0.05, 0) is 37.1 Å². The number of carbonyl (C=O) groups excluding carboxylic acids is 1. The van der Waals surface area contributed by atoms with E-state index < -0.39 is 10.0 Å². The topological polar surface area (TPSA) is 88.6 Å². The van der Waals surface area contributed by atoms with Gasteiger partial charge in [-0.15, -0.1) is 0 Å². The highest BCUT2D eigenvalue weighted by Gasteiger charge is 2.36. The molecule has 0 spiro atoms. The highest BCUT2D eigenvalue weighted by atomic mass is 32.2. The van der Waals surface area contributed by atoms with Crippen LogP contribution in [0.1, 0.15) is 32.1 Å². The Morgan fingerprint density at radius 1 is 0.865 bits per heavy atom. The van der Waals surface area contributed by atoms with E-state index in [0.29, 0.717) is 37.7 Å². The fraction of sp³-hybridized carbons (Fsp3) is 0.519. The number of benzene rings is 2. The first kappa shape index (κ1) is 27.1. The Balaban J connectivity index is 1.51. The Bertz CT molecular complexity index is 1170. The van der Waals surface area contributed by atoms with Crippen LogP contribution in [0, 0.1) is 0 Å². The monoisotopic (exact) mass is 531 g/mol. The Hall–Kier alpha value is -2.98. The number of sulfonamides is 1. The number of nitrogens with zero attached hydrogens (tertiary/aromatic N) is 3. The molecular weight excluding hydrogens is 494 g/mol.